The number of nitrogens with zero attached hydrogens (tertiary/aromatic N) is 4. The molecule has 0 aliphatic heterocycles. The quantitative estimate of drug-likeness (QED) is 0.552. The van der Waals surface area contributed by atoms with Gasteiger partial charge in [-0.1, -0.05) is 35.0 Å². The lowest BCUT2D eigenvalue weighted by atomic mass is 10.2. The third kappa shape index (κ3) is 3.39. The van der Waals surface area contributed by atoms with E-state index in [1.54, 1.807) is 48.9 Å². The smallest absolute Gasteiger partial charge is 0.274 e. The van der Waals surface area contributed by atoms with Crippen molar-refractivity contribution in [3.63, 3.8) is 0 Å². The van der Waals surface area contributed by atoms with Gasteiger partial charge in [0.1, 0.15) is 11.5 Å². The highest BCUT2D eigenvalue weighted by Gasteiger charge is 2.25. The minimum atomic E-state index is -0.386. The summed E-state index contributed by atoms with van der Waals surface area (Å²) in [4.78, 5) is 17.3. The molecule has 0 aliphatic carbocycles. The Bertz CT molecular complexity index is 1090. The van der Waals surface area contributed by atoms with Crippen molar-refractivity contribution in [3.8, 4) is 17.1 Å². The minimum Gasteiger partial charge on any atom is -0.467 e. The lowest BCUT2D eigenvalue weighted by Gasteiger charge is -2.12. The van der Waals surface area contributed by atoms with Crippen LogP contribution in [-0.4, -0.2) is 25.9 Å². The Labute approximate surface area is 166 Å². The van der Waals surface area contributed by atoms with Crippen LogP contribution in [0.4, 0.5) is 0 Å². The molecule has 0 saturated carbocycles. The lowest BCUT2D eigenvalue weighted by Crippen LogP contribution is -2.27. The molecule has 0 radical (unpaired) electrons. The van der Waals surface area contributed by atoms with Gasteiger partial charge in [0.25, 0.3) is 5.91 Å². The van der Waals surface area contributed by atoms with Crippen molar-refractivity contribution in [1.29, 1.82) is 0 Å². The van der Waals surface area contributed by atoms with Gasteiger partial charge in [-0.05, 0) is 43.3 Å². The fraction of sp³-hybridized carbons (Fsp3) is 0.100. The third-order valence-electron chi connectivity index (χ3n) is 4.19. The summed E-state index contributed by atoms with van der Waals surface area (Å²) in [6.07, 6.45) is 3.21. The summed E-state index contributed by atoms with van der Waals surface area (Å²) in [5, 5.41) is 11.7. The molecule has 0 unspecified atom stereocenters. The Hall–Kier alpha value is -3.45. The number of carbonyl (C=O) groups is 1. The predicted octanol–water partition coefficient (Wildman–Crippen LogP) is 4.07. The van der Waals surface area contributed by atoms with Crippen LogP contribution >= 0.6 is 11.6 Å². The molecule has 3 heterocycles. The normalized spacial score (nSPS) is 11.9. The fourth-order valence-corrected chi connectivity index (χ4v) is 3.05. The maximum atomic E-state index is 12.9. The number of hydrogen-bond acceptors (Lipinski definition) is 5. The number of amides is 1. The van der Waals surface area contributed by atoms with E-state index in [9.17, 15) is 4.79 Å². The Balaban J connectivity index is 1.78. The van der Waals surface area contributed by atoms with Crippen LogP contribution < -0.4 is 5.32 Å². The maximum Gasteiger partial charge on any atom is 0.274 e. The Morgan fingerprint density at radius 3 is 2.68 bits per heavy atom. The van der Waals surface area contributed by atoms with Crippen LogP contribution in [0.5, 0.6) is 0 Å². The molecule has 1 N–H and O–H groups in total. The average Bonchev–Trinajstić information content (AvgIpc) is 3.39. The zero-order valence-electron chi connectivity index (χ0n) is 14.9. The van der Waals surface area contributed by atoms with E-state index in [0.717, 1.165) is 0 Å². The second kappa shape index (κ2) is 7.66. The highest BCUT2D eigenvalue weighted by Crippen LogP contribution is 2.27. The first-order valence-corrected chi connectivity index (χ1v) is 8.99. The van der Waals surface area contributed by atoms with Gasteiger partial charge in [0, 0.05) is 6.20 Å². The Kier molecular flexibility index (Phi) is 4.90. The van der Waals surface area contributed by atoms with Gasteiger partial charge in [0.2, 0.25) is 0 Å². The fourth-order valence-electron chi connectivity index (χ4n) is 2.83. The van der Waals surface area contributed by atoms with E-state index in [0.29, 0.717) is 27.9 Å². The van der Waals surface area contributed by atoms with Crippen LogP contribution in [0.1, 0.15) is 29.2 Å². The summed E-state index contributed by atoms with van der Waals surface area (Å²) >= 11 is 6.34. The van der Waals surface area contributed by atoms with E-state index >= 15 is 0 Å². The van der Waals surface area contributed by atoms with Crippen LogP contribution in [0, 0.1) is 0 Å². The zero-order valence-corrected chi connectivity index (χ0v) is 15.7. The molecule has 0 bridgehead atoms. The number of furan rings is 1. The van der Waals surface area contributed by atoms with Gasteiger partial charge in [-0.25, -0.2) is 4.68 Å². The van der Waals surface area contributed by atoms with E-state index in [1.807, 2.05) is 25.1 Å². The molecule has 4 aromatic rings. The van der Waals surface area contributed by atoms with Crippen LogP contribution in [0.3, 0.4) is 0 Å². The van der Waals surface area contributed by atoms with E-state index in [1.165, 1.54) is 4.68 Å². The average molecular weight is 394 g/mol. The molecule has 0 spiro atoms. The molecule has 1 aromatic carbocycles. The molecular formula is C20H16ClN5O2. The molecule has 1 amide bonds. The molecule has 4 rings (SSSR count). The topological polar surface area (TPSA) is 85.8 Å². The number of benzene rings is 1. The largest absolute Gasteiger partial charge is 0.467 e. The number of halogens is 1. The van der Waals surface area contributed by atoms with Crippen LogP contribution in [-0.2, 0) is 0 Å². The Morgan fingerprint density at radius 2 is 1.96 bits per heavy atom. The standard InChI is InChI=1S/C20H16ClN5O2/c1-13(17-10-6-12-28-17)23-20(27)18-19(15-8-4-5-11-22-15)26(25-24-18)16-9-3-2-7-14(16)21/h2-13H,1H3,(H,23,27)/t13-/m0/s1. The first-order valence-electron chi connectivity index (χ1n) is 8.61. The second-order valence-corrected chi connectivity index (χ2v) is 6.48. The summed E-state index contributed by atoms with van der Waals surface area (Å²) in [5.74, 6) is 0.258. The Morgan fingerprint density at radius 1 is 1.14 bits per heavy atom. The van der Waals surface area contributed by atoms with Gasteiger partial charge in [-0.2, -0.15) is 0 Å². The van der Waals surface area contributed by atoms with Gasteiger partial charge >= 0.3 is 0 Å². The first-order chi connectivity index (χ1) is 13.6. The summed E-state index contributed by atoms with van der Waals surface area (Å²) < 4.78 is 6.88. The highest BCUT2D eigenvalue weighted by atomic mass is 35.5. The number of hydrogen-bond donors (Lipinski definition) is 1. The summed E-state index contributed by atoms with van der Waals surface area (Å²) in [6, 6.07) is 15.9. The molecule has 1 atom stereocenters. The minimum absolute atomic E-state index is 0.150. The lowest BCUT2D eigenvalue weighted by molar-refractivity contribution is 0.0931. The van der Waals surface area contributed by atoms with Crippen molar-refractivity contribution < 1.29 is 9.21 Å². The van der Waals surface area contributed by atoms with Crippen molar-refractivity contribution in [3.05, 3.63) is 83.5 Å². The molecule has 28 heavy (non-hydrogen) atoms. The van der Waals surface area contributed by atoms with Gasteiger partial charge in [0.15, 0.2) is 5.69 Å². The molecule has 0 aliphatic rings. The van der Waals surface area contributed by atoms with Gasteiger partial charge in [0.05, 0.1) is 28.7 Å². The number of carbonyl (C=O) groups excluding carboxylic acids is 1. The van der Waals surface area contributed by atoms with E-state index < -0.39 is 0 Å². The summed E-state index contributed by atoms with van der Waals surface area (Å²) in [6.45, 7) is 1.83. The van der Waals surface area contributed by atoms with Gasteiger partial charge < -0.3 is 9.73 Å². The predicted molar refractivity (Wildman–Crippen MR) is 104 cm³/mol. The number of aromatic nitrogens is 4. The first kappa shape index (κ1) is 17.9. The number of para-hydroxylation sites is 1. The van der Waals surface area contributed by atoms with Crippen molar-refractivity contribution in [2.24, 2.45) is 0 Å². The monoisotopic (exact) mass is 393 g/mol. The van der Waals surface area contributed by atoms with Crippen LogP contribution in [0.25, 0.3) is 17.1 Å². The zero-order chi connectivity index (χ0) is 19.5. The van der Waals surface area contributed by atoms with Gasteiger partial charge in [-0.3, -0.25) is 9.78 Å². The number of nitrogens with one attached hydrogen (secondary N) is 1. The van der Waals surface area contributed by atoms with Crippen LogP contribution in [0.2, 0.25) is 5.02 Å². The van der Waals surface area contributed by atoms with Crippen molar-refractivity contribution in [1.82, 2.24) is 25.3 Å². The highest BCUT2D eigenvalue weighted by molar-refractivity contribution is 6.32. The van der Waals surface area contributed by atoms with Gasteiger partial charge in [-0.15, -0.1) is 5.10 Å². The molecule has 0 saturated heterocycles. The molecule has 8 heteroatoms. The van der Waals surface area contributed by atoms with Crippen molar-refractivity contribution in [2.75, 3.05) is 0 Å². The van der Waals surface area contributed by atoms with E-state index in [-0.39, 0.29) is 17.6 Å². The van der Waals surface area contributed by atoms with Crippen LogP contribution in [0.15, 0.2) is 71.5 Å². The summed E-state index contributed by atoms with van der Waals surface area (Å²) in [7, 11) is 0. The van der Waals surface area contributed by atoms with E-state index in [4.69, 9.17) is 16.0 Å². The molecule has 3 aromatic heterocycles. The molecular weight excluding hydrogens is 378 g/mol. The number of pyridine rings is 1. The summed E-state index contributed by atoms with van der Waals surface area (Å²) in [5.41, 5.74) is 1.77. The molecule has 140 valence electrons. The molecule has 0 fully saturated rings. The second-order valence-electron chi connectivity index (χ2n) is 6.08. The SMILES string of the molecule is C[C@H](NC(=O)c1nnn(-c2ccccc2Cl)c1-c1ccccn1)c1ccco1. The molecule has 7 nitrogen and oxygen atoms in total. The van der Waals surface area contributed by atoms with Crippen molar-refractivity contribution in [2.45, 2.75) is 13.0 Å². The maximum absolute atomic E-state index is 12.9. The third-order valence-corrected chi connectivity index (χ3v) is 4.51. The van der Waals surface area contributed by atoms with Crippen molar-refractivity contribution >= 4 is 17.5 Å². The number of rotatable bonds is 5. The van der Waals surface area contributed by atoms with E-state index in [2.05, 4.69) is 20.6 Å².